The number of aromatic nitrogens is 1. The minimum atomic E-state index is -0.887. The first kappa shape index (κ1) is 18.3. The second-order valence-electron chi connectivity index (χ2n) is 5.83. The van der Waals surface area contributed by atoms with Gasteiger partial charge in [-0.15, -0.1) is 11.3 Å². The summed E-state index contributed by atoms with van der Waals surface area (Å²) in [6, 6.07) is 14.4. The van der Waals surface area contributed by atoms with Gasteiger partial charge in [0.05, 0.1) is 0 Å². The molecule has 0 fully saturated rings. The number of carbonyl (C=O) groups is 2. The molecule has 0 N–H and O–H groups in total. The van der Waals surface area contributed by atoms with Crippen LogP contribution in [0, 0.1) is 6.92 Å². The molecule has 2 aromatic carbocycles. The van der Waals surface area contributed by atoms with Gasteiger partial charge in [-0.3, -0.25) is 4.79 Å². The van der Waals surface area contributed by atoms with Gasteiger partial charge in [-0.25, -0.2) is 9.78 Å². The number of ketones is 1. The number of rotatable bonds is 5. The van der Waals surface area contributed by atoms with Crippen LogP contribution < -0.4 is 0 Å². The van der Waals surface area contributed by atoms with Crippen LogP contribution in [0.5, 0.6) is 0 Å². The van der Waals surface area contributed by atoms with Crippen molar-refractivity contribution in [3.63, 3.8) is 0 Å². The Morgan fingerprint density at radius 2 is 1.88 bits per heavy atom. The number of Topliss-reactive ketones (excluding diaryl/α,β-unsaturated/α-hetero) is 1. The SMILES string of the molecule is Cc1ccc(C(=O)[C@@H](C)OC(=O)c2csc(-c3cccc(Cl)c3)n2)cc1. The lowest BCUT2D eigenvalue weighted by molar-refractivity contribution is 0.0314. The van der Waals surface area contributed by atoms with Crippen LogP contribution in [-0.2, 0) is 4.74 Å². The summed E-state index contributed by atoms with van der Waals surface area (Å²) < 4.78 is 5.29. The van der Waals surface area contributed by atoms with E-state index in [0.717, 1.165) is 11.1 Å². The van der Waals surface area contributed by atoms with Crippen molar-refractivity contribution < 1.29 is 14.3 Å². The van der Waals surface area contributed by atoms with Crippen molar-refractivity contribution in [2.24, 2.45) is 0 Å². The van der Waals surface area contributed by atoms with Gasteiger partial charge in [0.2, 0.25) is 5.78 Å². The zero-order valence-electron chi connectivity index (χ0n) is 14.2. The fraction of sp³-hybridized carbons (Fsp3) is 0.150. The van der Waals surface area contributed by atoms with E-state index < -0.39 is 12.1 Å². The summed E-state index contributed by atoms with van der Waals surface area (Å²) in [5.74, 6) is -0.869. The molecule has 0 spiro atoms. The zero-order valence-corrected chi connectivity index (χ0v) is 15.8. The average molecular weight is 386 g/mol. The largest absolute Gasteiger partial charge is 0.450 e. The molecule has 1 atom stereocenters. The Kier molecular flexibility index (Phi) is 5.49. The fourth-order valence-electron chi connectivity index (χ4n) is 2.35. The van der Waals surface area contributed by atoms with Crippen molar-refractivity contribution in [1.82, 2.24) is 4.98 Å². The molecule has 26 heavy (non-hydrogen) atoms. The van der Waals surface area contributed by atoms with E-state index in [0.29, 0.717) is 15.6 Å². The van der Waals surface area contributed by atoms with E-state index >= 15 is 0 Å². The third-order valence-corrected chi connectivity index (χ3v) is 4.90. The quantitative estimate of drug-likeness (QED) is 0.447. The molecule has 0 aliphatic carbocycles. The highest BCUT2D eigenvalue weighted by molar-refractivity contribution is 7.13. The Balaban J connectivity index is 1.70. The first-order valence-electron chi connectivity index (χ1n) is 7.97. The van der Waals surface area contributed by atoms with Crippen LogP contribution in [0.2, 0.25) is 5.02 Å². The van der Waals surface area contributed by atoms with Crippen molar-refractivity contribution >= 4 is 34.7 Å². The number of ether oxygens (including phenoxy) is 1. The third-order valence-electron chi connectivity index (χ3n) is 3.77. The maximum Gasteiger partial charge on any atom is 0.358 e. The van der Waals surface area contributed by atoms with Gasteiger partial charge in [0.25, 0.3) is 0 Å². The summed E-state index contributed by atoms with van der Waals surface area (Å²) in [5, 5.41) is 2.87. The Morgan fingerprint density at radius 1 is 1.15 bits per heavy atom. The lowest BCUT2D eigenvalue weighted by Gasteiger charge is -2.11. The van der Waals surface area contributed by atoms with Crippen LogP contribution in [0.15, 0.2) is 53.9 Å². The monoisotopic (exact) mass is 385 g/mol. The van der Waals surface area contributed by atoms with Gasteiger partial charge in [-0.2, -0.15) is 0 Å². The number of halogens is 1. The van der Waals surface area contributed by atoms with Crippen LogP contribution in [0.25, 0.3) is 10.6 Å². The van der Waals surface area contributed by atoms with Crippen LogP contribution in [-0.4, -0.2) is 22.8 Å². The number of nitrogens with zero attached hydrogens (tertiary/aromatic N) is 1. The highest BCUT2D eigenvalue weighted by Gasteiger charge is 2.22. The highest BCUT2D eigenvalue weighted by Crippen LogP contribution is 2.26. The predicted molar refractivity (Wildman–Crippen MR) is 103 cm³/mol. The van der Waals surface area contributed by atoms with Crippen molar-refractivity contribution in [3.8, 4) is 10.6 Å². The van der Waals surface area contributed by atoms with Crippen molar-refractivity contribution in [1.29, 1.82) is 0 Å². The van der Waals surface area contributed by atoms with E-state index in [1.54, 1.807) is 36.6 Å². The molecule has 1 aromatic heterocycles. The summed E-state index contributed by atoms with van der Waals surface area (Å²) in [6.45, 7) is 3.50. The molecule has 0 unspecified atom stereocenters. The molecular formula is C20H16ClNO3S. The van der Waals surface area contributed by atoms with Gasteiger partial charge in [0.1, 0.15) is 5.01 Å². The normalized spacial score (nSPS) is 11.8. The van der Waals surface area contributed by atoms with Crippen LogP contribution in [0.3, 0.4) is 0 Å². The van der Waals surface area contributed by atoms with Gasteiger partial charge in [0.15, 0.2) is 11.8 Å². The van der Waals surface area contributed by atoms with Gasteiger partial charge in [-0.05, 0) is 26.0 Å². The Bertz CT molecular complexity index is 950. The lowest BCUT2D eigenvalue weighted by atomic mass is 10.1. The van der Waals surface area contributed by atoms with E-state index in [1.165, 1.54) is 11.3 Å². The van der Waals surface area contributed by atoms with E-state index in [4.69, 9.17) is 16.3 Å². The Morgan fingerprint density at radius 3 is 2.58 bits per heavy atom. The summed E-state index contributed by atoms with van der Waals surface area (Å²) in [5.41, 5.74) is 2.56. The molecule has 6 heteroatoms. The molecule has 3 rings (SSSR count). The zero-order chi connectivity index (χ0) is 18.7. The number of hydrogen-bond donors (Lipinski definition) is 0. The number of benzene rings is 2. The van der Waals surface area contributed by atoms with Crippen LogP contribution >= 0.6 is 22.9 Å². The van der Waals surface area contributed by atoms with E-state index in [1.807, 2.05) is 31.2 Å². The van der Waals surface area contributed by atoms with Gasteiger partial charge in [0, 0.05) is 21.5 Å². The molecule has 0 bridgehead atoms. The molecule has 0 radical (unpaired) electrons. The first-order chi connectivity index (χ1) is 12.4. The van der Waals surface area contributed by atoms with Crippen LogP contribution in [0.4, 0.5) is 0 Å². The topological polar surface area (TPSA) is 56.3 Å². The lowest BCUT2D eigenvalue weighted by Crippen LogP contribution is -2.24. The minimum Gasteiger partial charge on any atom is -0.450 e. The fourth-order valence-corrected chi connectivity index (χ4v) is 3.33. The molecule has 0 amide bonds. The summed E-state index contributed by atoms with van der Waals surface area (Å²) in [7, 11) is 0. The summed E-state index contributed by atoms with van der Waals surface area (Å²) in [4.78, 5) is 29.0. The molecule has 1 heterocycles. The molecule has 0 saturated carbocycles. The minimum absolute atomic E-state index is 0.175. The van der Waals surface area contributed by atoms with Crippen molar-refractivity contribution in [3.05, 3.63) is 75.8 Å². The molecule has 0 aliphatic rings. The van der Waals surface area contributed by atoms with Gasteiger partial charge >= 0.3 is 5.97 Å². The molecule has 132 valence electrons. The second kappa shape index (κ2) is 7.81. The molecule has 4 nitrogen and oxygen atoms in total. The molecular weight excluding hydrogens is 370 g/mol. The molecule has 3 aromatic rings. The van der Waals surface area contributed by atoms with E-state index in [-0.39, 0.29) is 11.5 Å². The van der Waals surface area contributed by atoms with E-state index in [9.17, 15) is 9.59 Å². The van der Waals surface area contributed by atoms with Gasteiger partial charge < -0.3 is 4.74 Å². The second-order valence-corrected chi connectivity index (χ2v) is 7.12. The molecule has 0 aliphatic heterocycles. The Labute approximate surface area is 160 Å². The third kappa shape index (κ3) is 4.18. The number of hydrogen-bond acceptors (Lipinski definition) is 5. The summed E-state index contributed by atoms with van der Waals surface area (Å²) >= 11 is 7.30. The van der Waals surface area contributed by atoms with Crippen molar-refractivity contribution in [2.45, 2.75) is 20.0 Å². The smallest absolute Gasteiger partial charge is 0.358 e. The standard InChI is InChI=1S/C20H16ClNO3S/c1-12-6-8-14(9-7-12)18(23)13(2)25-20(24)17-11-26-19(22-17)15-4-3-5-16(21)10-15/h3-11,13H,1-2H3/t13-/m1/s1. The number of thiazole rings is 1. The Hall–Kier alpha value is -2.50. The number of esters is 1. The maximum atomic E-state index is 12.4. The average Bonchev–Trinajstić information content (AvgIpc) is 3.12. The predicted octanol–water partition coefficient (Wildman–Crippen LogP) is 5.20. The number of aryl methyl sites for hydroxylation is 1. The number of carbonyl (C=O) groups excluding carboxylic acids is 2. The highest BCUT2D eigenvalue weighted by atomic mass is 35.5. The van der Waals surface area contributed by atoms with E-state index in [2.05, 4.69) is 4.98 Å². The maximum absolute atomic E-state index is 12.4. The van der Waals surface area contributed by atoms with Gasteiger partial charge in [-0.1, -0.05) is 53.6 Å². The van der Waals surface area contributed by atoms with Crippen molar-refractivity contribution in [2.75, 3.05) is 0 Å². The molecule has 0 saturated heterocycles. The van der Waals surface area contributed by atoms with Crippen LogP contribution in [0.1, 0.15) is 33.3 Å². The summed E-state index contributed by atoms with van der Waals surface area (Å²) in [6.07, 6.45) is -0.887. The first-order valence-corrected chi connectivity index (χ1v) is 9.23.